The summed E-state index contributed by atoms with van der Waals surface area (Å²) < 4.78 is 9.24. The highest BCUT2D eigenvalue weighted by Crippen LogP contribution is 2.52. The molecule has 11 rings (SSSR count). The summed E-state index contributed by atoms with van der Waals surface area (Å²) in [5.41, 5.74) is 9.88. The monoisotopic (exact) mass is 628 g/mol. The first-order valence-corrected chi connectivity index (χ1v) is 17.5. The van der Waals surface area contributed by atoms with Crippen molar-refractivity contribution in [3.05, 3.63) is 186 Å². The van der Waals surface area contributed by atoms with Crippen LogP contribution in [0.15, 0.2) is 168 Å². The van der Waals surface area contributed by atoms with Crippen LogP contribution in [0.4, 0.5) is 0 Å². The Morgan fingerprint density at radius 2 is 1.27 bits per heavy atom. The number of rotatable bonds is 2. The summed E-state index contributed by atoms with van der Waals surface area (Å²) in [5.74, 6) is 0.363. The van der Waals surface area contributed by atoms with Crippen molar-refractivity contribution in [3.8, 4) is 0 Å². The molecule has 224 valence electrons. The second-order valence-corrected chi connectivity index (χ2v) is 14.2. The van der Waals surface area contributed by atoms with Crippen molar-refractivity contribution in [2.24, 2.45) is 5.92 Å². The molecule has 2 heterocycles. The van der Waals surface area contributed by atoms with E-state index in [1.807, 2.05) is 11.3 Å². The van der Waals surface area contributed by atoms with E-state index in [9.17, 15) is 0 Å². The molecule has 0 fully saturated rings. The van der Waals surface area contributed by atoms with E-state index in [1.165, 1.54) is 85.9 Å². The molecule has 0 N–H and O–H groups in total. The summed E-state index contributed by atoms with van der Waals surface area (Å²) in [4.78, 5) is 0. The van der Waals surface area contributed by atoms with E-state index in [4.69, 9.17) is 4.42 Å². The van der Waals surface area contributed by atoms with E-state index in [0.29, 0.717) is 0 Å². The Bertz CT molecular complexity index is 2910. The minimum Gasteiger partial charge on any atom is -0.456 e. The Labute approximate surface area is 281 Å². The van der Waals surface area contributed by atoms with E-state index < -0.39 is 0 Å². The van der Waals surface area contributed by atoms with Crippen molar-refractivity contribution in [1.82, 2.24) is 0 Å². The van der Waals surface area contributed by atoms with E-state index in [0.717, 1.165) is 11.2 Å². The quantitative estimate of drug-likeness (QED) is 0.174. The molecule has 0 radical (unpaired) electrons. The van der Waals surface area contributed by atoms with Crippen molar-refractivity contribution in [2.45, 2.75) is 5.92 Å². The third kappa shape index (κ3) is 3.67. The third-order valence-corrected chi connectivity index (χ3v) is 11.8. The Kier molecular flexibility index (Phi) is 5.44. The molecule has 0 amide bonds. The first-order valence-electron chi connectivity index (χ1n) is 16.7. The number of thiophene rings is 1. The standard InChI is InChI=1S/C46H28OS/c1-2-12-29-27(11-1)23-40(31-14-4-3-13-30(29)31)46-36-18-7-5-16-34(36)45(35-17-6-8-19-37(35)46)28-21-22-32-38-25-39-33-15-9-10-20-43(33)48-44(39)26-42(38)47-41(32)24-28/h1-26,34,45H. The van der Waals surface area contributed by atoms with E-state index in [-0.39, 0.29) is 11.8 Å². The summed E-state index contributed by atoms with van der Waals surface area (Å²) in [6.45, 7) is 0. The molecule has 2 unspecified atom stereocenters. The lowest BCUT2D eigenvalue weighted by molar-refractivity contribution is 0.642. The maximum absolute atomic E-state index is 6.65. The molecule has 2 aliphatic rings. The van der Waals surface area contributed by atoms with Crippen molar-refractivity contribution < 1.29 is 4.42 Å². The second kappa shape index (κ2) is 9.90. The molecule has 9 aromatic rings. The number of benzene rings is 7. The predicted octanol–water partition coefficient (Wildman–Crippen LogP) is 12.9. The lowest BCUT2D eigenvalue weighted by Crippen LogP contribution is -2.22. The van der Waals surface area contributed by atoms with Gasteiger partial charge in [-0.2, -0.15) is 0 Å². The highest BCUT2D eigenvalue weighted by Gasteiger charge is 2.36. The van der Waals surface area contributed by atoms with Gasteiger partial charge in [0.25, 0.3) is 0 Å². The van der Waals surface area contributed by atoms with Gasteiger partial charge in [0.1, 0.15) is 11.2 Å². The smallest absolute Gasteiger partial charge is 0.136 e. The summed E-state index contributed by atoms with van der Waals surface area (Å²) >= 11 is 1.84. The van der Waals surface area contributed by atoms with Crippen molar-refractivity contribution >= 4 is 80.6 Å². The van der Waals surface area contributed by atoms with Gasteiger partial charge in [-0.25, -0.2) is 0 Å². The largest absolute Gasteiger partial charge is 0.456 e. The van der Waals surface area contributed by atoms with Crippen LogP contribution in [0.1, 0.15) is 28.2 Å². The first kappa shape index (κ1) is 26.4. The molecule has 0 aliphatic heterocycles. The van der Waals surface area contributed by atoms with Gasteiger partial charge in [0.15, 0.2) is 0 Å². The minimum atomic E-state index is 0.165. The van der Waals surface area contributed by atoms with Crippen molar-refractivity contribution in [2.75, 3.05) is 0 Å². The van der Waals surface area contributed by atoms with Gasteiger partial charge in [0.05, 0.1) is 0 Å². The van der Waals surface area contributed by atoms with E-state index in [2.05, 4.69) is 158 Å². The zero-order chi connectivity index (χ0) is 31.3. The molecule has 0 saturated carbocycles. The zero-order valence-electron chi connectivity index (χ0n) is 26.0. The highest BCUT2D eigenvalue weighted by atomic mass is 32.1. The summed E-state index contributed by atoms with van der Waals surface area (Å²) in [5, 5.41) is 10.1. The van der Waals surface area contributed by atoms with E-state index >= 15 is 0 Å². The van der Waals surface area contributed by atoms with Gasteiger partial charge < -0.3 is 4.42 Å². The molecule has 1 nitrogen and oxygen atoms in total. The zero-order valence-corrected chi connectivity index (χ0v) is 26.8. The SMILES string of the molecule is C1=CC2=C(c3cc4ccccc4c4ccccc34)c3ccccc3C(c3ccc4c(c3)oc3cc5sc6ccccc6c5cc34)C2C=C1. The fourth-order valence-electron chi connectivity index (χ4n) is 8.60. The van der Waals surface area contributed by atoms with Gasteiger partial charge in [-0.3, -0.25) is 0 Å². The number of fused-ring (bicyclic) bond motifs is 11. The topological polar surface area (TPSA) is 13.1 Å². The Balaban J connectivity index is 1.13. The van der Waals surface area contributed by atoms with Crippen LogP contribution in [0.2, 0.25) is 0 Å². The van der Waals surface area contributed by atoms with Crippen molar-refractivity contribution in [1.29, 1.82) is 0 Å². The van der Waals surface area contributed by atoms with Crippen LogP contribution in [0, 0.1) is 5.92 Å². The third-order valence-electron chi connectivity index (χ3n) is 10.7. The maximum atomic E-state index is 6.65. The number of furan rings is 1. The van der Waals surface area contributed by atoms with Crippen LogP contribution < -0.4 is 0 Å². The highest BCUT2D eigenvalue weighted by molar-refractivity contribution is 7.25. The lowest BCUT2D eigenvalue weighted by atomic mass is 9.66. The molecule has 0 saturated heterocycles. The van der Waals surface area contributed by atoms with Gasteiger partial charge in [-0.15, -0.1) is 11.3 Å². The maximum Gasteiger partial charge on any atom is 0.136 e. The molecular formula is C46H28OS. The molecule has 2 atom stereocenters. The molecule has 7 aromatic carbocycles. The molecular weight excluding hydrogens is 601 g/mol. The molecule has 0 spiro atoms. The minimum absolute atomic E-state index is 0.165. The number of hydrogen-bond donors (Lipinski definition) is 0. The normalized spacial score (nSPS) is 17.3. The molecule has 2 aliphatic carbocycles. The van der Waals surface area contributed by atoms with Crippen LogP contribution in [0.3, 0.4) is 0 Å². The van der Waals surface area contributed by atoms with Crippen LogP contribution >= 0.6 is 11.3 Å². The summed E-state index contributed by atoms with van der Waals surface area (Å²) in [7, 11) is 0. The van der Waals surface area contributed by atoms with Crippen LogP contribution in [-0.2, 0) is 0 Å². The van der Waals surface area contributed by atoms with Crippen LogP contribution in [-0.4, -0.2) is 0 Å². The van der Waals surface area contributed by atoms with Crippen molar-refractivity contribution in [3.63, 3.8) is 0 Å². The fourth-order valence-corrected chi connectivity index (χ4v) is 9.71. The predicted molar refractivity (Wildman–Crippen MR) is 204 cm³/mol. The molecule has 2 aromatic heterocycles. The molecule has 0 bridgehead atoms. The van der Waals surface area contributed by atoms with Gasteiger partial charge in [-0.1, -0.05) is 127 Å². The van der Waals surface area contributed by atoms with Crippen LogP contribution in [0.5, 0.6) is 0 Å². The van der Waals surface area contributed by atoms with Gasteiger partial charge in [-0.05, 0) is 85.3 Å². The van der Waals surface area contributed by atoms with E-state index in [1.54, 1.807) is 0 Å². The van der Waals surface area contributed by atoms with Crippen LogP contribution in [0.25, 0.3) is 69.2 Å². The number of allylic oxidation sites excluding steroid dienone is 5. The summed E-state index contributed by atoms with van der Waals surface area (Å²) in [6, 6.07) is 49.4. The molecule has 2 heteroatoms. The van der Waals surface area contributed by atoms with Gasteiger partial charge >= 0.3 is 0 Å². The Morgan fingerprint density at radius 3 is 2.21 bits per heavy atom. The second-order valence-electron chi connectivity index (χ2n) is 13.2. The summed E-state index contributed by atoms with van der Waals surface area (Å²) in [6.07, 6.45) is 9.19. The molecule has 48 heavy (non-hydrogen) atoms. The first-order chi connectivity index (χ1) is 23.8. The van der Waals surface area contributed by atoms with Gasteiger partial charge in [0.2, 0.25) is 0 Å². The Morgan fingerprint density at radius 1 is 0.500 bits per heavy atom. The number of hydrogen-bond acceptors (Lipinski definition) is 2. The fraction of sp³-hybridized carbons (Fsp3) is 0.0435. The lowest BCUT2D eigenvalue weighted by Gasteiger charge is -2.37. The average Bonchev–Trinajstić information content (AvgIpc) is 3.69. The Hall–Kier alpha value is -5.70. The average molecular weight is 629 g/mol. The van der Waals surface area contributed by atoms with Gasteiger partial charge in [0, 0.05) is 42.8 Å².